The molecule has 1 N–H and O–H groups in total. The Morgan fingerprint density at radius 1 is 1.21 bits per heavy atom. The second-order valence-corrected chi connectivity index (χ2v) is 11.8. The minimum absolute atomic E-state index is 0.0151. The molecule has 0 fully saturated rings. The van der Waals surface area contributed by atoms with E-state index in [9.17, 15) is 13.2 Å². The van der Waals surface area contributed by atoms with Crippen molar-refractivity contribution in [1.82, 2.24) is 4.98 Å². The molecule has 2 heterocycles. The van der Waals surface area contributed by atoms with Crippen molar-refractivity contribution in [3.05, 3.63) is 70.7 Å². The van der Waals surface area contributed by atoms with Gasteiger partial charge in [0, 0.05) is 30.0 Å². The van der Waals surface area contributed by atoms with Crippen LogP contribution in [0.1, 0.15) is 41.0 Å². The van der Waals surface area contributed by atoms with Gasteiger partial charge in [0.1, 0.15) is 22.2 Å². The van der Waals surface area contributed by atoms with Crippen LogP contribution in [0.3, 0.4) is 0 Å². The third-order valence-electron chi connectivity index (χ3n) is 6.35. The van der Waals surface area contributed by atoms with E-state index >= 15 is 4.39 Å². The van der Waals surface area contributed by atoms with Crippen molar-refractivity contribution in [3.8, 4) is 28.5 Å². The molecule has 0 radical (unpaired) electrons. The van der Waals surface area contributed by atoms with Gasteiger partial charge in [-0.15, -0.1) is 0 Å². The topological polar surface area (TPSA) is 112 Å². The molecule has 8 nitrogen and oxygen atoms in total. The van der Waals surface area contributed by atoms with E-state index in [1.807, 2.05) is 31.2 Å². The summed E-state index contributed by atoms with van der Waals surface area (Å²) in [4.78, 5) is 15.3. The Labute approximate surface area is 221 Å². The van der Waals surface area contributed by atoms with E-state index in [0.29, 0.717) is 23.8 Å². The molecule has 38 heavy (non-hydrogen) atoms. The van der Waals surface area contributed by atoms with Gasteiger partial charge in [0.25, 0.3) is 0 Å². The highest BCUT2D eigenvalue weighted by Crippen LogP contribution is 2.38. The lowest BCUT2D eigenvalue weighted by Crippen LogP contribution is -2.09. The van der Waals surface area contributed by atoms with Crippen molar-refractivity contribution in [2.75, 3.05) is 25.2 Å². The Morgan fingerprint density at radius 2 is 2.00 bits per heavy atom. The molecule has 1 aliphatic heterocycles. The number of aliphatic carboxylic acids is 1. The van der Waals surface area contributed by atoms with Gasteiger partial charge in [-0.1, -0.05) is 18.2 Å². The first kappa shape index (κ1) is 27.4. The van der Waals surface area contributed by atoms with E-state index in [2.05, 4.69) is 4.98 Å². The number of carbonyl (C=O) groups is 1. The number of hydrogen-bond acceptors (Lipinski definition) is 7. The van der Waals surface area contributed by atoms with Crippen molar-refractivity contribution in [2.24, 2.45) is 0 Å². The number of nitrogens with zero attached hydrogens (tertiary/aromatic N) is 1. The van der Waals surface area contributed by atoms with E-state index < -0.39 is 21.6 Å². The molecule has 1 atom stereocenters. The molecule has 3 aromatic rings. The first-order valence-electron chi connectivity index (χ1n) is 12.2. The maximum Gasteiger partial charge on any atom is 0.304 e. The molecule has 0 bridgehead atoms. The molecule has 1 aromatic heterocycles. The summed E-state index contributed by atoms with van der Waals surface area (Å²) >= 11 is 0. The zero-order chi connectivity index (χ0) is 27.4. The largest absolute Gasteiger partial charge is 0.492 e. The highest BCUT2D eigenvalue weighted by atomic mass is 32.2. The van der Waals surface area contributed by atoms with E-state index in [4.69, 9.17) is 19.3 Å². The summed E-state index contributed by atoms with van der Waals surface area (Å²) in [6, 6.07) is 10.9. The molecule has 0 spiro atoms. The van der Waals surface area contributed by atoms with Gasteiger partial charge in [-0.3, -0.25) is 4.79 Å². The lowest BCUT2D eigenvalue weighted by molar-refractivity contribution is -0.137. The van der Waals surface area contributed by atoms with E-state index in [1.165, 1.54) is 0 Å². The number of carboxylic acids is 1. The summed E-state index contributed by atoms with van der Waals surface area (Å²) in [7, 11) is -3.10. The molecule has 1 aliphatic rings. The molecule has 202 valence electrons. The van der Waals surface area contributed by atoms with Crippen LogP contribution in [0, 0.1) is 19.7 Å². The van der Waals surface area contributed by atoms with Crippen LogP contribution in [0.15, 0.2) is 42.6 Å². The average Bonchev–Trinajstić information content (AvgIpc) is 3.24. The van der Waals surface area contributed by atoms with Crippen molar-refractivity contribution in [3.63, 3.8) is 0 Å². The van der Waals surface area contributed by atoms with Gasteiger partial charge in [0.2, 0.25) is 5.88 Å². The van der Waals surface area contributed by atoms with Gasteiger partial charge in [0.05, 0.1) is 25.4 Å². The Balaban J connectivity index is 1.45. The first-order chi connectivity index (χ1) is 18.0. The van der Waals surface area contributed by atoms with Crippen molar-refractivity contribution < 1.29 is 36.9 Å². The van der Waals surface area contributed by atoms with Crippen LogP contribution in [0.25, 0.3) is 11.1 Å². The molecule has 0 saturated heterocycles. The SMILES string of the molecule is Cc1cc(OCCCS(C)(=O)=O)c(F)c(C)c1-c1cccc(COc2cc3c(cn2)C(CC(=O)O)CO3)c1. The first-order valence-corrected chi connectivity index (χ1v) is 14.2. The zero-order valence-electron chi connectivity index (χ0n) is 21.5. The monoisotopic (exact) mass is 543 g/mol. The fourth-order valence-electron chi connectivity index (χ4n) is 4.55. The van der Waals surface area contributed by atoms with Crippen LogP contribution in [0.4, 0.5) is 4.39 Å². The molecule has 0 saturated carbocycles. The summed E-state index contributed by atoms with van der Waals surface area (Å²) in [5, 5.41) is 9.05. The predicted octanol–water partition coefficient (Wildman–Crippen LogP) is 4.85. The highest BCUT2D eigenvalue weighted by molar-refractivity contribution is 7.90. The number of hydrogen-bond donors (Lipinski definition) is 1. The smallest absolute Gasteiger partial charge is 0.304 e. The standard InChI is InChI=1S/C28H30FNO7S/c1-17-10-24(35-8-5-9-38(3,33)34)28(29)18(2)27(17)20-7-4-6-19(11-20)15-37-25-13-23-22(14-30-25)21(16-36-23)12-26(31)32/h4,6-7,10-11,13-14,21H,5,8-9,12,15-16H2,1-3H3,(H,31,32). The van der Waals surface area contributed by atoms with Gasteiger partial charge >= 0.3 is 5.97 Å². The average molecular weight is 544 g/mol. The van der Waals surface area contributed by atoms with Crippen LogP contribution in [0.2, 0.25) is 0 Å². The molecule has 0 aliphatic carbocycles. The third-order valence-corrected chi connectivity index (χ3v) is 7.38. The second kappa shape index (κ2) is 11.4. The second-order valence-electron chi connectivity index (χ2n) is 9.49. The van der Waals surface area contributed by atoms with Crippen LogP contribution in [0.5, 0.6) is 17.4 Å². The molecule has 0 amide bonds. The number of aryl methyl sites for hydroxylation is 1. The normalized spacial score (nSPS) is 14.6. The number of aromatic nitrogens is 1. The minimum atomic E-state index is -3.10. The van der Waals surface area contributed by atoms with Crippen molar-refractivity contribution in [2.45, 2.75) is 39.2 Å². The van der Waals surface area contributed by atoms with Crippen LogP contribution >= 0.6 is 0 Å². The maximum absolute atomic E-state index is 15.1. The third kappa shape index (κ3) is 6.61. The summed E-state index contributed by atoms with van der Waals surface area (Å²) in [6.07, 6.45) is 3.03. The molecule has 2 aromatic carbocycles. The Bertz CT molecular complexity index is 1460. The Kier molecular flexibility index (Phi) is 8.20. The lowest BCUT2D eigenvalue weighted by Gasteiger charge is -2.16. The van der Waals surface area contributed by atoms with Crippen molar-refractivity contribution in [1.29, 1.82) is 0 Å². The Hall–Kier alpha value is -3.66. The van der Waals surface area contributed by atoms with E-state index in [0.717, 1.165) is 34.1 Å². The summed E-state index contributed by atoms with van der Waals surface area (Å²) < 4.78 is 54.8. The van der Waals surface area contributed by atoms with Gasteiger partial charge in [-0.2, -0.15) is 0 Å². The summed E-state index contributed by atoms with van der Waals surface area (Å²) in [5.74, 6) is -0.557. The molecular formula is C28H30FNO7S. The van der Waals surface area contributed by atoms with Gasteiger partial charge in [-0.25, -0.2) is 17.8 Å². The van der Waals surface area contributed by atoms with E-state index in [1.54, 1.807) is 25.3 Å². The lowest BCUT2D eigenvalue weighted by atomic mass is 9.94. The minimum Gasteiger partial charge on any atom is -0.492 e. The number of rotatable bonds is 11. The fraction of sp³-hybridized carbons (Fsp3) is 0.357. The van der Waals surface area contributed by atoms with Crippen molar-refractivity contribution >= 4 is 15.8 Å². The Morgan fingerprint density at radius 3 is 2.74 bits per heavy atom. The van der Waals surface area contributed by atoms with Crippen LogP contribution < -0.4 is 14.2 Å². The fourth-order valence-corrected chi connectivity index (χ4v) is 5.19. The molecule has 1 unspecified atom stereocenters. The number of benzene rings is 2. The number of halogens is 1. The number of pyridine rings is 1. The summed E-state index contributed by atoms with van der Waals surface area (Å²) in [6.45, 7) is 4.20. The van der Waals surface area contributed by atoms with Crippen LogP contribution in [-0.4, -0.2) is 49.7 Å². The van der Waals surface area contributed by atoms with Gasteiger partial charge < -0.3 is 19.3 Å². The maximum atomic E-state index is 15.1. The predicted molar refractivity (Wildman–Crippen MR) is 140 cm³/mol. The number of ether oxygens (including phenoxy) is 3. The number of carboxylic acid groups (broad SMARTS) is 1. The zero-order valence-corrected chi connectivity index (χ0v) is 22.3. The summed E-state index contributed by atoms with van der Waals surface area (Å²) in [5.41, 5.74) is 4.46. The van der Waals surface area contributed by atoms with E-state index in [-0.39, 0.29) is 43.5 Å². The number of sulfone groups is 1. The molecular weight excluding hydrogens is 513 g/mol. The highest BCUT2D eigenvalue weighted by Gasteiger charge is 2.27. The number of fused-ring (bicyclic) bond motifs is 1. The van der Waals surface area contributed by atoms with Gasteiger partial charge in [-0.05, 0) is 60.2 Å². The van der Waals surface area contributed by atoms with Gasteiger partial charge in [0.15, 0.2) is 11.6 Å². The van der Waals surface area contributed by atoms with Crippen LogP contribution in [-0.2, 0) is 21.2 Å². The quantitative estimate of drug-likeness (QED) is 0.342. The molecule has 4 rings (SSSR count). The molecule has 10 heteroatoms.